The van der Waals surface area contributed by atoms with E-state index in [4.69, 9.17) is 16.1 Å². The van der Waals surface area contributed by atoms with E-state index in [2.05, 4.69) is 20.8 Å². The third-order valence-electron chi connectivity index (χ3n) is 4.72. The number of aromatic nitrogens is 2. The zero-order valence-electron chi connectivity index (χ0n) is 15.1. The van der Waals surface area contributed by atoms with E-state index >= 15 is 0 Å². The normalized spacial score (nSPS) is 14.1. The molecule has 1 aliphatic heterocycles. The van der Waals surface area contributed by atoms with E-state index in [1.807, 2.05) is 36.1 Å². The van der Waals surface area contributed by atoms with Crippen molar-refractivity contribution in [3.63, 3.8) is 0 Å². The first-order chi connectivity index (χ1) is 13.1. The molecule has 3 N–H and O–H groups in total. The van der Waals surface area contributed by atoms with Gasteiger partial charge in [-0.05, 0) is 38.0 Å². The van der Waals surface area contributed by atoms with E-state index in [1.54, 1.807) is 0 Å². The summed E-state index contributed by atoms with van der Waals surface area (Å²) in [5.41, 5.74) is 3.54. The topological polar surface area (TPSA) is 86.2 Å². The summed E-state index contributed by atoms with van der Waals surface area (Å²) < 4.78 is 5.07. The Morgan fingerprint density at radius 2 is 2.07 bits per heavy atom. The van der Waals surface area contributed by atoms with E-state index in [-0.39, 0.29) is 6.03 Å². The van der Waals surface area contributed by atoms with Crippen LogP contribution < -0.4 is 10.6 Å². The van der Waals surface area contributed by atoms with Crippen LogP contribution in [0.3, 0.4) is 0 Å². The van der Waals surface area contributed by atoms with Crippen molar-refractivity contribution in [1.82, 2.24) is 20.4 Å². The molecule has 3 heterocycles. The molecule has 0 unspecified atom stereocenters. The molecular formula is C19H22ClN5O2. The van der Waals surface area contributed by atoms with Gasteiger partial charge in [-0.1, -0.05) is 16.8 Å². The zero-order chi connectivity index (χ0) is 18.8. The van der Waals surface area contributed by atoms with Crippen molar-refractivity contribution in [2.24, 2.45) is 0 Å². The number of aryl methyl sites for hydroxylation is 1. The number of nitrogens with one attached hydrogen (secondary N) is 3. The Morgan fingerprint density at radius 3 is 2.81 bits per heavy atom. The van der Waals surface area contributed by atoms with Gasteiger partial charge in [-0.2, -0.15) is 0 Å². The lowest BCUT2D eigenvalue weighted by Crippen LogP contribution is -2.37. The molecule has 8 heteroatoms. The number of hydrogen-bond acceptors (Lipinski definition) is 4. The number of hydrogen-bond donors (Lipinski definition) is 3. The Balaban J connectivity index is 1.43. The van der Waals surface area contributed by atoms with Crippen LogP contribution in [0.15, 0.2) is 28.8 Å². The van der Waals surface area contributed by atoms with Crippen LogP contribution in [0.2, 0.25) is 5.02 Å². The summed E-state index contributed by atoms with van der Waals surface area (Å²) in [4.78, 5) is 17.3. The van der Waals surface area contributed by atoms with Crippen LogP contribution in [-0.2, 0) is 13.1 Å². The maximum atomic E-state index is 12.1. The molecule has 2 amide bonds. The Kier molecular flexibility index (Phi) is 4.94. The number of rotatable bonds is 5. The Labute approximate surface area is 162 Å². The quantitative estimate of drug-likeness (QED) is 0.616. The highest BCUT2D eigenvalue weighted by Gasteiger charge is 2.17. The lowest BCUT2D eigenvalue weighted by atomic mass is 10.2. The van der Waals surface area contributed by atoms with E-state index in [9.17, 15) is 4.79 Å². The fraction of sp³-hybridized carbons (Fsp3) is 0.368. The van der Waals surface area contributed by atoms with Gasteiger partial charge >= 0.3 is 6.03 Å². The van der Waals surface area contributed by atoms with E-state index in [0.29, 0.717) is 18.1 Å². The van der Waals surface area contributed by atoms with Crippen molar-refractivity contribution in [3.05, 3.63) is 46.4 Å². The van der Waals surface area contributed by atoms with E-state index in [0.717, 1.165) is 59.7 Å². The predicted octanol–water partition coefficient (Wildman–Crippen LogP) is 4.04. The summed E-state index contributed by atoms with van der Waals surface area (Å²) in [6.45, 7) is 4.53. The number of urea groups is 1. The molecule has 0 saturated carbocycles. The average molecular weight is 388 g/mol. The van der Waals surface area contributed by atoms with Crippen LogP contribution >= 0.6 is 11.6 Å². The molecule has 1 aliphatic rings. The zero-order valence-corrected chi connectivity index (χ0v) is 15.9. The summed E-state index contributed by atoms with van der Waals surface area (Å²) in [6, 6.07) is 7.77. The molecule has 1 aromatic carbocycles. The number of nitrogens with zero attached hydrogens (tertiary/aromatic N) is 2. The molecule has 1 fully saturated rings. The fourth-order valence-electron chi connectivity index (χ4n) is 3.33. The van der Waals surface area contributed by atoms with Gasteiger partial charge in [0.05, 0.1) is 23.8 Å². The molecule has 4 rings (SSSR count). The van der Waals surface area contributed by atoms with Gasteiger partial charge in [0.1, 0.15) is 11.5 Å². The van der Waals surface area contributed by atoms with Gasteiger partial charge in [0.2, 0.25) is 0 Å². The van der Waals surface area contributed by atoms with E-state index in [1.165, 1.54) is 0 Å². The van der Waals surface area contributed by atoms with Crippen molar-refractivity contribution in [2.75, 3.05) is 18.4 Å². The molecule has 0 radical (unpaired) electrons. The third kappa shape index (κ3) is 4.03. The molecule has 142 valence electrons. The number of amides is 2. The smallest absolute Gasteiger partial charge is 0.317 e. The monoisotopic (exact) mass is 387 g/mol. The number of likely N-dealkylation sites (tertiary alicyclic amines) is 1. The van der Waals surface area contributed by atoms with Crippen LogP contribution in [0.4, 0.5) is 10.5 Å². The number of halogens is 1. The second-order valence-electron chi connectivity index (χ2n) is 6.85. The number of aromatic amines is 1. The molecule has 27 heavy (non-hydrogen) atoms. The van der Waals surface area contributed by atoms with Crippen LogP contribution in [0.1, 0.15) is 30.0 Å². The summed E-state index contributed by atoms with van der Waals surface area (Å²) in [7, 11) is 0. The van der Waals surface area contributed by atoms with Crippen molar-refractivity contribution in [2.45, 2.75) is 32.9 Å². The van der Waals surface area contributed by atoms with E-state index < -0.39 is 0 Å². The highest BCUT2D eigenvalue weighted by molar-refractivity contribution is 6.34. The molecular weight excluding hydrogens is 366 g/mol. The van der Waals surface area contributed by atoms with Gasteiger partial charge < -0.3 is 25.0 Å². The Hall–Kier alpha value is -2.67. The maximum Gasteiger partial charge on any atom is 0.317 e. The number of anilines is 1. The molecule has 1 saturated heterocycles. The number of carbonyl (C=O) groups excluding carboxylic acids is 1. The summed E-state index contributed by atoms with van der Waals surface area (Å²) >= 11 is 6.40. The lowest BCUT2D eigenvalue weighted by Gasteiger charge is -2.15. The van der Waals surface area contributed by atoms with Gasteiger partial charge in [0.15, 0.2) is 0 Å². The summed E-state index contributed by atoms with van der Waals surface area (Å²) in [5, 5.41) is 11.9. The SMILES string of the molecule is Cc1cc(CNc2cc3[nH]c(CNC(=O)N4CCCC4)cc3cc2Cl)no1. The molecule has 2 aromatic heterocycles. The second kappa shape index (κ2) is 7.52. The van der Waals surface area contributed by atoms with Crippen LogP contribution in [0.5, 0.6) is 0 Å². The second-order valence-corrected chi connectivity index (χ2v) is 7.26. The molecule has 0 bridgehead atoms. The minimum Gasteiger partial charge on any atom is -0.378 e. The van der Waals surface area contributed by atoms with Crippen LogP contribution in [-0.4, -0.2) is 34.2 Å². The number of fused-ring (bicyclic) bond motifs is 1. The largest absolute Gasteiger partial charge is 0.378 e. The van der Waals surface area contributed by atoms with Crippen molar-refractivity contribution < 1.29 is 9.32 Å². The van der Waals surface area contributed by atoms with Gasteiger partial charge in [0, 0.05) is 35.8 Å². The first kappa shape index (κ1) is 17.7. The molecule has 3 aromatic rings. The summed E-state index contributed by atoms with van der Waals surface area (Å²) in [6.07, 6.45) is 2.17. The number of H-pyrrole nitrogens is 1. The molecule has 0 aliphatic carbocycles. The van der Waals surface area contributed by atoms with Crippen molar-refractivity contribution in [3.8, 4) is 0 Å². The van der Waals surface area contributed by atoms with Gasteiger partial charge in [-0.3, -0.25) is 0 Å². The average Bonchev–Trinajstić information content (AvgIpc) is 3.38. The first-order valence-corrected chi connectivity index (χ1v) is 9.46. The minimum absolute atomic E-state index is 0.00514. The fourth-order valence-corrected chi connectivity index (χ4v) is 3.57. The first-order valence-electron chi connectivity index (χ1n) is 9.08. The number of carbonyl (C=O) groups is 1. The highest BCUT2D eigenvalue weighted by Crippen LogP contribution is 2.29. The van der Waals surface area contributed by atoms with Gasteiger partial charge in [-0.15, -0.1) is 0 Å². The predicted molar refractivity (Wildman–Crippen MR) is 105 cm³/mol. The summed E-state index contributed by atoms with van der Waals surface area (Å²) in [5.74, 6) is 0.776. The Bertz CT molecular complexity index is 958. The third-order valence-corrected chi connectivity index (χ3v) is 5.04. The molecule has 0 spiro atoms. The molecule has 0 atom stereocenters. The van der Waals surface area contributed by atoms with Crippen LogP contribution in [0.25, 0.3) is 10.9 Å². The number of benzene rings is 1. The standard InChI is InChI=1S/C19H22ClN5O2/c1-12-6-15(24-27-12)11-21-18-9-17-13(8-16(18)20)7-14(23-17)10-22-19(26)25-4-2-3-5-25/h6-9,21,23H,2-5,10-11H2,1H3,(H,22,26). The maximum absolute atomic E-state index is 12.1. The van der Waals surface area contributed by atoms with Crippen molar-refractivity contribution in [1.29, 1.82) is 0 Å². The minimum atomic E-state index is -0.00514. The highest BCUT2D eigenvalue weighted by atomic mass is 35.5. The van der Waals surface area contributed by atoms with Gasteiger partial charge in [-0.25, -0.2) is 4.79 Å². The Morgan fingerprint density at radius 1 is 1.26 bits per heavy atom. The van der Waals surface area contributed by atoms with Crippen LogP contribution in [0, 0.1) is 6.92 Å². The van der Waals surface area contributed by atoms with Crippen molar-refractivity contribution >= 4 is 34.2 Å². The molecule has 7 nitrogen and oxygen atoms in total. The van der Waals surface area contributed by atoms with Gasteiger partial charge in [0.25, 0.3) is 0 Å². The lowest BCUT2D eigenvalue weighted by molar-refractivity contribution is 0.208.